The molecule has 1 amide bonds. The van der Waals surface area contributed by atoms with E-state index >= 15 is 0 Å². The lowest BCUT2D eigenvalue weighted by Crippen LogP contribution is -2.15. The van der Waals surface area contributed by atoms with Crippen LogP contribution >= 0.6 is 34.7 Å². The van der Waals surface area contributed by atoms with Crippen molar-refractivity contribution in [3.8, 4) is 0 Å². The van der Waals surface area contributed by atoms with Crippen LogP contribution in [0.5, 0.6) is 0 Å². The summed E-state index contributed by atoms with van der Waals surface area (Å²) in [4.78, 5) is 13.1. The van der Waals surface area contributed by atoms with Gasteiger partial charge in [0, 0.05) is 10.6 Å². The molecule has 0 spiro atoms. The molecule has 0 unspecified atom stereocenters. The topological polar surface area (TPSA) is 72.7 Å². The molecule has 6 nitrogen and oxygen atoms in total. The predicted molar refractivity (Wildman–Crippen MR) is 92.0 cm³/mol. The van der Waals surface area contributed by atoms with Crippen molar-refractivity contribution in [2.24, 2.45) is 0 Å². The van der Waals surface area contributed by atoms with Gasteiger partial charge in [-0.2, -0.15) is 0 Å². The molecule has 0 aliphatic carbocycles. The Hall–Kier alpha value is -1.97. The van der Waals surface area contributed by atoms with Crippen LogP contribution < -0.4 is 5.32 Å². The van der Waals surface area contributed by atoms with Crippen LogP contribution in [0.15, 0.2) is 40.9 Å². The van der Waals surface area contributed by atoms with E-state index in [1.54, 1.807) is 16.0 Å². The summed E-state index contributed by atoms with van der Waals surface area (Å²) in [6.45, 7) is 0.558. The van der Waals surface area contributed by atoms with Gasteiger partial charge in [-0.3, -0.25) is 4.79 Å². The fourth-order valence-electron chi connectivity index (χ4n) is 1.85. The largest absolute Gasteiger partial charge is 0.325 e. The highest BCUT2D eigenvalue weighted by Gasteiger charge is 2.11. The van der Waals surface area contributed by atoms with Crippen LogP contribution in [0.25, 0.3) is 0 Å². The molecule has 124 valence electrons. The quantitative estimate of drug-likeness (QED) is 0.661. The summed E-state index contributed by atoms with van der Waals surface area (Å²) in [5.41, 5.74) is 0.435. The number of amides is 1. The number of benzene rings is 1. The van der Waals surface area contributed by atoms with Gasteiger partial charge in [0.1, 0.15) is 5.82 Å². The van der Waals surface area contributed by atoms with Crippen LogP contribution in [0.1, 0.15) is 4.88 Å². The number of nitrogens with zero attached hydrogens (tertiary/aromatic N) is 4. The van der Waals surface area contributed by atoms with Gasteiger partial charge in [0.05, 0.1) is 17.3 Å². The molecular formula is C14H11ClFN5OS2. The highest BCUT2D eigenvalue weighted by molar-refractivity contribution is 7.99. The van der Waals surface area contributed by atoms with Gasteiger partial charge in [0.2, 0.25) is 11.1 Å². The smallest absolute Gasteiger partial charge is 0.234 e. The zero-order chi connectivity index (χ0) is 16.9. The monoisotopic (exact) mass is 383 g/mol. The Morgan fingerprint density at radius 2 is 2.29 bits per heavy atom. The number of nitrogens with one attached hydrogen (secondary N) is 1. The van der Waals surface area contributed by atoms with Crippen molar-refractivity contribution in [1.82, 2.24) is 20.2 Å². The third-order valence-corrected chi connectivity index (χ3v) is 5.03. The van der Waals surface area contributed by atoms with E-state index in [9.17, 15) is 9.18 Å². The number of aromatic nitrogens is 4. The first-order chi connectivity index (χ1) is 11.6. The summed E-state index contributed by atoms with van der Waals surface area (Å²) >= 11 is 8.52. The summed E-state index contributed by atoms with van der Waals surface area (Å²) in [7, 11) is 0. The summed E-state index contributed by atoms with van der Waals surface area (Å²) in [6, 6.07) is 7.96. The second-order valence-corrected chi connectivity index (χ2v) is 7.05. The lowest BCUT2D eigenvalue weighted by molar-refractivity contribution is -0.113. The maximum Gasteiger partial charge on any atom is 0.234 e. The van der Waals surface area contributed by atoms with Crippen molar-refractivity contribution in [2.75, 3.05) is 11.1 Å². The molecule has 3 aromatic rings. The Bertz CT molecular complexity index is 840. The number of carbonyl (C=O) groups excluding carboxylic acids is 1. The van der Waals surface area contributed by atoms with E-state index in [0.29, 0.717) is 17.4 Å². The third kappa shape index (κ3) is 4.31. The van der Waals surface area contributed by atoms with E-state index in [2.05, 4.69) is 20.8 Å². The standard InChI is InChI=1S/C14H11ClFN5OS2/c15-11-6-9(3-4-12(11)16)17-13(22)8-24-14-18-19-20-21(14)7-10-2-1-5-23-10/h1-6H,7-8H2,(H,17,22). The molecule has 0 bridgehead atoms. The van der Waals surface area contributed by atoms with Crippen LogP contribution in [-0.4, -0.2) is 31.9 Å². The molecular weight excluding hydrogens is 373 g/mol. The van der Waals surface area contributed by atoms with Gasteiger partial charge in [-0.25, -0.2) is 9.07 Å². The molecule has 10 heteroatoms. The normalized spacial score (nSPS) is 10.8. The van der Waals surface area contributed by atoms with Crippen LogP contribution in [0.2, 0.25) is 5.02 Å². The minimum absolute atomic E-state index is 0.0413. The number of thiophene rings is 1. The van der Waals surface area contributed by atoms with Crippen molar-refractivity contribution >= 4 is 46.3 Å². The van der Waals surface area contributed by atoms with Crippen molar-refractivity contribution in [3.05, 3.63) is 51.4 Å². The molecule has 0 aliphatic heterocycles. The van der Waals surface area contributed by atoms with Gasteiger partial charge in [0.15, 0.2) is 0 Å². The molecule has 2 heterocycles. The van der Waals surface area contributed by atoms with Gasteiger partial charge in [-0.15, -0.1) is 16.4 Å². The second kappa shape index (κ2) is 7.73. The summed E-state index contributed by atoms with van der Waals surface area (Å²) in [5, 5.41) is 16.6. The van der Waals surface area contributed by atoms with Crippen LogP contribution in [-0.2, 0) is 11.3 Å². The van der Waals surface area contributed by atoms with Gasteiger partial charge in [-0.05, 0) is 40.1 Å². The van der Waals surface area contributed by atoms with Crippen molar-refractivity contribution in [2.45, 2.75) is 11.7 Å². The summed E-state index contributed by atoms with van der Waals surface area (Å²) in [5.74, 6) is -0.662. The zero-order valence-corrected chi connectivity index (χ0v) is 14.5. The number of thioether (sulfide) groups is 1. The van der Waals surface area contributed by atoms with E-state index in [0.717, 1.165) is 4.88 Å². The Balaban J connectivity index is 1.56. The Kier molecular flexibility index (Phi) is 5.44. The summed E-state index contributed by atoms with van der Waals surface area (Å²) < 4.78 is 14.7. The van der Waals surface area contributed by atoms with Gasteiger partial charge in [0.25, 0.3) is 0 Å². The van der Waals surface area contributed by atoms with Crippen molar-refractivity contribution in [3.63, 3.8) is 0 Å². The molecule has 24 heavy (non-hydrogen) atoms. The number of carbonyl (C=O) groups is 1. The lowest BCUT2D eigenvalue weighted by Gasteiger charge is -2.06. The van der Waals surface area contributed by atoms with Crippen molar-refractivity contribution in [1.29, 1.82) is 0 Å². The first kappa shape index (κ1) is 16.9. The third-order valence-electron chi connectivity index (χ3n) is 2.92. The molecule has 0 saturated heterocycles. The number of anilines is 1. The van der Waals surface area contributed by atoms with E-state index in [-0.39, 0.29) is 16.7 Å². The molecule has 0 aliphatic rings. The van der Waals surface area contributed by atoms with Crippen molar-refractivity contribution < 1.29 is 9.18 Å². The Morgan fingerprint density at radius 3 is 3.04 bits per heavy atom. The SMILES string of the molecule is O=C(CSc1nnnn1Cc1cccs1)Nc1ccc(F)c(Cl)c1. The minimum atomic E-state index is -0.531. The number of hydrogen-bond acceptors (Lipinski definition) is 6. The highest BCUT2D eigenvalue weighted by atomic mass is 35.5. The Morgan fingerprint density at radius 1 is 1.42 bits per heavy atom. The predicted octanol–water partition coefficient (Wildman–Crippen LogP) is 3.31. The van der Waals surface area contributed by atoms with E-state index in [4.69, 9.17) is 11.6 Å². The number of halogens is 2. The van der Waals surface area contributed by atoms with E-state index in [1.165, 1.54) is 30.0 Å². The number of hydrogen-bond donors (Lipinski definition) is 1. The molecule has 0 saturated carbocycles. The van der Waals surface area contributed by atoms with Crippen LogP contribution in [0.4, 0.5) is 10.1 Å². The fraction of sp³-hybridized carbons (Fsp3) is 0.143. The minimum Gasteiger partial charge on any atom is -0.325 e. The molecule has 1 N–H and O–H groups in total. The van der Waals surface area contributed by atoms with Crippen LogP contribution in [0, 0.1) is 5.82 Å². The summed E-state index contributed by atoms with van der Waals surface area (Å²) in [6.07, 6.45) is 0. The number of tetrazole rings is 1. The molecule has 0 atom stereocenters. The molecule has 0 radical (unpaired) electrons. The lowest BCUT2D eigenvalue weighted by atomic mass is 10.3. The highest BCUT2D eigenvalue weighted by Crippen LogP contribution is 2.21. The second-order valence-electron chi connectivity index (χ2n) is 4.66. The van der Waals surface area contributed by atoms with E-state index < -0.39 is 5.82 Å². The van der Waals surface area contributed by atoms with Crippen LogP contribution in [0.3, 0.4) is 0 Å². The van der Waals surface area contributed by atoms with Gasteiger partial charge < -0.3 is 5.32 Å². The maximum atomic E-state index is 13.1. The maximum absolute atomic E-state index is 13.1. The first-order valence-electron chi connectivity index (χ1n) is 6.78. The molecule has 0 fully saturated rings. The van der Waals surface area contributed by atoms with E-state index in [1.807, 2.05) is 17.5 Å². The Labute approximate surface area is 150 Å². The van der Waals surface area contributed by atoms with Gasteiger partial charge >= 0.3 is 0 Å². The average molecular weight is 384 g/mol. The molecule has 2 aromatic heterocycles. The zero-order valence-electron chi connectivity index (χ0n) is 12.1. The average Bonchev–Trinajstić information content (AvgIpc) is 3.21. The first-order valence-corrected chi connectivity index (χ1v) is 9.02. The van der Waals surface area contributed by atoms with Gasteiger partial charge in [-0.1, -0.05) is 29.4 Å². The number of rotatable bonds is 6. The molecule has 3 rings (SSSR count). The molecule has 1 aromatic carbocycles. The fourth-order valence-corrected chi connectivity index (χ4v) is 3.39.